The maximum Gasteiger partial charge on any atom is 0.180 e. The Morgan fingerprint density at radius 2 is 2.00 bits per heavy atom. The minimum atomic E-state index is 0.234. The third-order valence-corrected chi connectivity index (χ3v) is 8.73. The molecule has 6 heteroatoms. The van der Waals surface area contributed by atoms with E-state index in [1.165, 1.54) is 68.6 Å². The van der Waals surface area contributed by atoms with Crippen molar-refractivity contribution in [2.24, 2.45) is 11.8 Å². The number of rotatable bonds is 10. The van der Waals surface area contributed by atoms with E-state index in [1.54, 1.807) is 17.4 Å². The molecule has 184 valence electrons. The molecule has 0 spiro atoms. The standard InChI is InChI=1S/C28H38ClN3OS/c1-2-15-32(24-11-13-26-27(19-24)34-28(30)31-26)16-14-20-6-8-22(9-7-20)18-25(33)12-10-21-4-3-5-23(29)17-21/h3-5,10,12,17,20,22,24H,2,6-9,11,13-16,18-19H2,1H3,(H2,30,31). The summed E-state index contributed by atoms with van der Waals surface area (Å²) in [4.78, 5) is 21.1. The molecule has 0 bridgehead atoms. The zero-order chi connectivity index (χ0) is 23.9. The Morgan fingerprint density at radius 3 is 2.76 bits per heavy atom. The van der Waals surface area contributed by atoms with Crippen LogP contribution in [0.15, 0.2) is 30.3 Å². The molecule has 1 aromatic carbocycles. The van der Waals surface area contributed by atoms with E-state index in [0.29, 0.717) is 23.4 Å². The SMILES string of the molecule is CCCN(CCC1CCC(CC(=O)C=Cc2cccc(Cl)c2)CC1)C1CCc2nc(N)sc2C1. The molecule has 0 radical (unpaired) electrons. The summed E-state index contributed by atoms with van der Waals surface area (Å²) in [5, 5.41) is 1.43. The number of nitrogens with two attached hydrogens (primary N) is 1. The van der Waals surface area contributed by atoms with E-state index >= 15 is 0 Å². The number of aryl methyl sites for hydroxylation is 1. The molecule has 1 atom stereocenters. The van der Waals surface area contributed by atoms with Crippen molar-refractivity contribution in [2.45, 2.75) is 77.2 Å². The molecule has 4 rings (SSSR count). The fraction of sp³-hybridized carbons (Fsp3) is 0.571. The number of nitrogens with zero attached hydrogens (tertiary/aromatic N) is 2. The predicted octanol–water partition coefficient (Wildman–Crippen LogP) is 6.82. The van der Waals surface area contributed by atoms with Gasteiger partial charge in [0.1, 0.15) is 0 Å². The molecule has 1 saturated carbocycles. The van der Waals surface area contributed by atoms with Gasteiger partial charge < -0.3 is 10.6 Å². The molecular weight excluding hydrogens is 462 g/mol. The van der Waals surface area contributed by atoms with Gasteiger partial charge in [-0.05, 0) is 93.6 Å². The fourth-order valence-corrected chi connectivity index (χ4v) is 6.83. The van der Waals surface area contributed by atoms with E-state index in [2.05, 4.69) is 16.8 Å². The smallest absolute Gasteiger partial charge is 0.180 e. The number of fused-ring (bicyclic) bond motifs is 1. The number of anilines is 1. The summed E-state index contributed by atoms with van der Waals surface area (Å²) < 4.78 is 0. The Balaban J connectivity index is 1.20. The first-order valence-electron chi connectivity index (χ1n) is 12.9. The average Bonchev–Trinajstić information content (AvgIpc) is 3.20. The zero-order valence-corrected chi connectivity index (χ0v) is 21.9. The molecule has 1 aromatic heterocycles. The minimum Gasteiger partial charge on any atom is -0.375 e. The molecule has 2 aromatic rings. The number of halogens is 1. The lowest BCUT2D eigenvalue weighted by molar-refractivity contribution is -0.115. The topological polar surface area (TPSA) is 59.2 Å². The molecule has 2 aliphatic carbocycles. The van der Waals surface area contributed by atoms with E-state index in [-0.39, 0.29) is 5.78 Å². The van der Waals surface area contributed by atoms with Crippen LogP contribution in [0, 0.1) is 11.8 Å². The minimum absolute atomic E-state index is 0.234. The normalized spacial score (nSPS) is 22.9. The molecule has 0 aliphatic heterocycles. The van der Waals surface area contributed by atoms with Gasteiger partial charge in [-0.15, -0.1) is 11.3 Å². The third-order valence-electron chi connectivity index (χ3n) is 7.55. The average molecular weight is 500 g/mol. The van der Waals surface area contributed by atoms with Crippen molar-refractivity contribution < 1.29 is 4.79 Å². The molecule has 1 unspecified atom stereocenters. The number of hydrogen-bond donors (Lipinski definition) is 1. The summed E-state index contributed by atoms with van der Waals surface area (Å²) in [6.45, 7) is 4.66. The lowest BCUT2D eigenvalue weighted by Gasteiger charge is -2.36. The molecule has 4 nitrogen and oxygen atoms in total. The van der Waals surface area contributed by atoms with Gasteiger partial charge in [-0.25, -0.2) is 4.98 Å². The number of benzene rings is 1. The number of carbonyl (C=O) groups excluding carboxylic acids is 1. The molecule has 34 heavy (non-hydrogen) atoms. The van der Waals surface area contributed by atoms with Crippen LogP contribution in [0.2, 0.25) is 5.02 Å². The van der Waals surface area contributed by atoms with E-state index in [4.69, 9.17) is 17.3 Å². The van der Waals surface area contributed by atoms with Crippen molar-refractivity contribution in [1.29, 1.82) is 0 Å². The van der Waals surface area contributed by atoms with E-state index in [1.807, 2.05) is 30.3 Å². The van der Waals surface area contributed by atoms with Crippen LogP contribution in [0.3, 0.4) is 0 Å². The molecule has 0 amide bonds. The van der Waals surface area contributed by atoms with E-state index in [9.17, 15) is 4.79 Å². The van der Waals surface area contributed by atoms with E-state index < -0.39 is 0 Å². The van der Waals surface area contributed by atoms with Gasteiger partial charge in [0, 0.05) is 22.4 Å². The van der Waals surface area contributed by atoms with Crippen LogP contribution in [0.25, 0.3) is 6.08 Å². The first kappa shape index (κ1) is 25.4. The van der Waals surface area contributed by atoms with Crippen molar-refractivity contribution in [3.8, 4) is 0 Å². The monoisotopic (exact) mass is 499 g/mol. The van der Waals surface area contributed by atoms with Gasteiger partial charge in [-0.1, -0.05) is 49.6 Å². The van der Waals surface area contributed by atoms with E-state index in [0.717, 1.165) is 29.5 Å². The fourth-order valence-electron chi connectivity index (χ4n) is 5.68. The number of aromatic nitrogens is 1. The molecule has 1 fully saturated rings. The Morgan fingerprint density at radius 1 is 1.21 bits per heavy atom. The Hall–Kier alpha value is -1.69. The van der Waals surface area contributed by atoms with Gasteiger partial charge in [0.15, 0.2) is 10.9 Å². The van der Waals surface area contributed by atoms with Crippen LogP contribution in [0.5, 0.6) is 0 Å². The van der Waals surface area contributed by atoms with Crippen LogP contribution >= 0.6 is 22.9 Å². The van der Waals surface area contributed by atoms with Crippen molar-refractivity contribution in [3.05, 3.63) is 51.5 Å². The number of thiazole rings is 1. The largest absolute Gasteiger partial charge is 0.375 e. The maximum absolute atomic E-state index is 12.5. The van der Waals surface area contributed by atoms with Crippen molar-refractivity contribution in [1.82, 2.24) is 9.88 Å². The van der Waals surface area contributed by atoms with Gasteiger partial charge in [-0.3, -0.25) is 4.79 Å². The highest BCUT2D eigenvalue weighted by molar-refractivity contribution is 7.15. The summed E-state index contributed by atoms with van der Waals surface area (Å²) in [6, 6.07) is 8.26. The Bertz CT molecular complexity index is 980. The number of carbonyl (C=O) groups is 1. The lowest BCUT2D eigenvalue weighted by atomic mass is 9.78. The van der Waals surface area contributed by atoms with Crippen LogP contribution < -0.4 is 5.73 Å². The lowest BCUT2D eigenvalue weighted by Crippen LogP contribution is -2.41. The number of allylic oxidation sites excluding steroid dienone is 1. The van der Waals surface area contributed by atoms with Crippen molar-refractivity contribution in [3.63, 3.8) is 0 Å². The van der Waals surface area contributed by atoms with Crippen LogP contribution in [-0.4, -0.2) is 34.8 Å². The van der Waals surface area contributed by atoms with Gasteiger partial charge in [-0.2, -0.15) is 0 Å². The van der Waals surface area contributed by atoms with Gasteiger partial charge in [0.25, 0.3) is 0 Å². The highest BCUT2D eigenvalue weighted by Crippen LogP contribution is 2.34. The summed E-state index contributed by atoms with van der Waals surface area (Å²) in [6.07, 6.45) is 15.0. The van der Waals surface area contributed by atoms with Crippen LogP contribution in [-0.2, 0) is 17.6 Å². The van der Waals surface area contributed by atoms with Gasteiger partial charge >= 0.3 is 0 Å². The molecule has 2 aliphatic rings. The number of nitrogen functional groups attached to an aromatic ring is 1. The first-order chi connectivity index (χ1) is 16.5. The van der Waals surface area contributed by atoms with Crippen LogP contribution in [0.4, 0.5) is 5.13 Å². The molecule has 2 N–H and O–H groups in total. The van der Waals surface area contributed by atoms with Crippen LogP contribution in [0.1, 0.15) is 74.4 Å². The molecule has 0 saturated heterocycles. The quantitative estimate of drug-likeness (QED) is 0.364. The second-order valence-corrected chi connectivity index (χ2v) is 11.6. The van der Waals surface area contributed by atoms with Crippen molar-refractivity contribution >= 4 is 39.9 Å². The van der Waals surface area contributed by atoms with Crippen molar-refractivity contribution in [2.75, 3.05) is 18.8 Å². The highest BCUT2D eigenvalue weighted by Gasteiger charge is 2.28. The third kappa shape index (κ3) is 7.16. The summed E-state index contributed by atoms with van der Waals surface area (Å²) in [5.41, 5.74) is 8.17. The van der Waals surface area contributed by atoms with Gasteiger partial charge in [0.2, 0.25) is 0 Å². The van der Waals surface area contributed by atoms with Gasteiger partial charge in [0.05, 0.1) is 5.69 Å². The number of ketones is 1. The molecule has 1 heterocycles. The Kier molecular flexibility index (Phi) is 9.21. The second kappa shape index (κ2) is 12.3. The predicted molar refractivity (Wildman–Crippen MR) is 144 cm³/mol. The number of hydrogen-bond acceptors (Lipinski definition) is 5. The summed E-state index contributed by atoms with van der Waals surface area (Å²) in [7, 11) is 0. The molecular formula is C28H38ClN3OS. The second-order valence-electron chi connectivity index (χ2n) is 10.1. The Labute approximate surface area is 213 Å². The zero-order valence-electron chi connectivity index (χ0n) is 20.3. The first-order valence-corrected chi connectivity index (χ1v) is 14.1. The summed E-state index contributed by atoms with van der Waals surface area (Å²) in [5.74, 6) is 1.57. The highest BCUT2D eigenvalue weighted by atomic mass is 35.5. The maximum atomic E-state index is 12.5. The summed E-state index contributed by atoms with van der Waals surface area (Å²) >= 11 is 7.71.